The van der Waals surface area contributed by atoms with Crippen LogP contribution in [0.15, 0.2) is 0 Å². The van der Waals surface area contributed by atoms with Gasteiger partial charge in [-0.2, -0.15) is 0 Å². The highest BCUT2D eigenvalue weighted by Gasteiger charge is 2.22. The summed E-state index contributed by atoms with van der Waals surface area (Å²) in [4.78, 5) is 0. The van der Waals surface area contributed by atoms with Crippen molar-refractivity contribution in [3.63, 3.8) is 0 Å². The Balaban J connectivity index is 4.38. The van der Waals surface area contributed by atoms with E-state index in [2.05, 4.69) is 20.8 Å². The quantitative estimate of drug-likeness (QED) is 0.743. The standard InChI is InChI=1S/C11H26N2O2S/c1-5-13(9-6-8-12)16(14,15)10-7-11(2,3)4/h5-10,12H2,1-4H3. The van der Waals surface area contributed by atoms with Crippen LogP contribution in [-0.4, -0.2) is 38.1 Å². The van der Waals surface area contributed by atoms with Gasteiger partial charge in [-0.25, -0.2) is 12.7 Å². The zero-order valence-corrected chi connectivity index (χ0v) is 11.8. The summed E-state index contributed by atoms with van der Waals surface area (Å²) in [6.07, 6.45) is 1.41. The molecule has 0 amide bonds. The number of rotatable bonds is 7. The second kappa shape index (κ2) is 6.57. The Morgan fingerprint density at radius 3 is 2.19 bits per heavy atom. The van der Waals surface area contributed by atoms with Gasteiger partial charge < -0.3 is 5.73 Å². The first kappa shape index (κ1) is 15.9. The van der Waals surface area contributed by atoms with Gasteiger partial charge in [0.2, 0.25) is 10.0 Å². The Bertz CT molecular complexity index is 281. The van der Waals surface area contributed by atoms with Crippen LogP contribution in [0.1, 0.15) is 40.5 Å². The number of sulfonamides is 1. The largest absolute Gasteiger partial charge is 0.330 e. The molecule has 0 radical (unpaired) electrons. The number of hydrogen-bond donors (Lipinski definition) is 1. The van der Waals surface area contributed by atoms with Crippen molar-refractivity contribution in [3.8, 4) is 0 Å². The minimum Gasteiger partial charge on any atom is -0.330 e. The molecular formula is C11H26N2O2S. The molecule has 0 fully saturated rings. The van der Waals surface area contributed by atoms with Crippen molar-refractivity contribution in [1.82, 2.24) is 4.31 Å². The highest BCUT2D eigenvalue weighted by atomic mass is 32.2. The minimum absolute atomic E-state index is 0.0559. The van der Waals surface area contributed by atoms with Crippen LogP contribution in [0.2, 0.25) is 0 Å². The highest BCUT2D eigenvalue weighted by Crippen LogP contribution is 2.20. The van der Waals surface area contributed by atoms with E-state index < -0.39 is 10.0 Å². The summed E-state index contributed by atoms with van der Waals surface area (Å²) in [6.45, 7) is 9.64. The smallest absolute Gasteiger partial charge is 0.214 e. The van der Waals surface area contributed by atoms with Crippen LogP contribution >= 0.6 is 0 Å². The first-order valence-corrected chi connectivity index (χ1v) is 7.52. The molecule has 0 aliphatic heterocycles. The molecule has 98 valence electrons. The molecule has 0 spiro atoms. The van der Waals surface area contributed by atoms with Crippen molar-refractivity contribution in [2.24, 2.45) is 11.1 Å². The maximum absolute atomic E-state index is 12.0. The summed E-state index contributed by atoms with van der Waals surface area (Å²) in [6, 6.07) is 0. The van der Waals surface area contributed by atoms with E-state index in [0.717, 1.165) is 6.42 Å². The molecule has 0 aliphatic carbocycles. The second-order valence-electron chi connectivity index (χ2n) is 5.26. The van der Waals surface area contributed by atoms with E-state index in [9.17, 15) is 8.42 Å². The molecule has 0 saturated heterocycles. The van der Waals surface area contributed by atoms with Crippen molar-refractivity contribution in [2.45, 2.75) is 40.5 Å². The fourth-order valence-corrected chi connectivity index (χ4v) is 3.25. The lowest BCUT2D eigenvalue weighted by Crippen LogP contribution is -2.35. The van der Waals surface area contributed by atoms with Gasteiger partial charge in [0, 0.05) is 13.1 Å². The second-order valence-corrected chi connectivity index (χ2v) is 7.35. The van der Waals surface area contributed by atoms with E-state index in [1.54, 1.807) is 0 Å². The van der Waals surface area contributed by atoms with Crippen molar-refractivity contribution in [1.29, 1.82) is 0 Å². The van der Waals surface area contributed by atoms with Crippen LogP contribution in [0.3, 0.4) is 0 Å². The molecular weight excluding hydrogens is 224 g/mol. The molecule has 0 aromatic rings. The maximum atomic E-state index is 12.0. The molecule has 5 heteroatoms. The van der Waals surface area contributed by atoms with Crippen LogP contribution in [0, 0.1) is 5.41 Å². The fraction of sp³-hybridized carbons (Fsp3) is 1.00. The number of nitrogens with two attached hydrogens (primary N) is 1. The minimum atomic E-state index is -3.10. The predicted molar refractivity (Wildman–Crippen MR) is 68.8 cm³/mol. The summed E-state index contributed by atoms with van der Waals surface area (Å²) >= 11 is 0. The van der Waals surface area contributed by atoms with Gasteiger partial charge in [0.1, 0.15) is 0 Å². The molecule has 4 nitrogen and oxygen atoms in total. The Morgan fingerprint density at radius 1 is 1.25 bits per heavy atom. The Labute approximate surface area is 100 Å². The molecule has 0 aromatic heterocycles. The third-order valence-electron chi connectivity index (χ3n) is 2.47. The van der Waals surface area contributed by atoms with Crippen LogP contribution in [0.25, 0.3) is 0 Å². The maximum Gasteiger partial charge on any atom is 0.214 e. The Kier molecular flexibility index (Phi) is 6.51. The first-order valence-electron chi connectivity index (χ1n) is 5.91. The number of nitrogens with zero attached hydrogens (tertiary/aromatic N) is 1. The van der Waals surface area contributed by atoms with Crippen molar-refractivity contribution < 1.29 is 8.42 Å². The monoisotopic (exact) mass is 250 g/mol. The van der Waals surface area contributed by atoms with E-state index >= 15 is 0 Å². The van der Waals surface area contributed by atoms with Gasteiger partial charge in [-0.05, 0) is 24.8 Å². The summed E-state index contributed by atoms with van der Waals surface area (Å²) < 4.78 is 25.5. The van der Waals surface area contributed by atoms with Crippen molar-refractivity contribution in [3.05, 3.63) is 0 Å². The normalized spacial score (nSPS) is 13.4. The zero-order valence-electron chi connectivity index (χ0n) is 11.0. The molecule has 0 saturated carbocycles. The molecule has 0 atom stereocenters. The van der Waals surface area contributed by atoms with Crippen molar-refractivity contribution in [2.75, 3.05) is 25.4 Å². The molecule has 0 unspecified atom stereocenters. The third kappa shape index (κ3) is 6.45. The molecule has 2 N–H and O–H groups in total. The Hall–Kier alpha value is -0.130. The van der Waals surface area contributed by atoms with Gasteiger partial charge >= 0.3 is 0 Å². The van der Waals surface area contributed by atoms with E-state index in [-0.39, 0.29) is 11.2 Å². The van der Waals surface area contributed by atoms with E-state index in [0.29, 0.717) is 26.1 Å². The average molecular weight is 250 g/mol. The van der Waals surface area contributed by atoms with Gasteiger partial charge in [0.15, 0.2) is 0 Å². The van der Waals surface area contributed by atoms with Crippen LogP contribution in [-0.2, 0) is 10.0 Å². The summed E-state index contributed by atoms with van der Waals surface area (Å²) in [5.41, 5.74) is 5.45. The van der Waals surface area contributed by atoms with Gasteiger partial charge in [0.25, 0.3) is 0 Å². The van der Waals surface area contributed by atoms with Crippen LogP contribution < -0.4 is 5.73 Å². The van der Waals surface area contributed by atoms with Gasteiger partial charge in [-0.15, -0.1) is 0 Å². The lowest BCUT2D eigenvalue weighted by Gasteiger charge is -2.23. The van der Waals surface area contributed by atoms with Gasteiger partial charge in [-0.3, -0.25) is 0 Å². The first-order chi connectivity index (χ1) is 7.23. The topological polar surface area (TPSA) is 63.4 Å². The molecule has 16 heavy (non-hydrogen) atoms. The van der Waals surface area contributed by atoms with Gasteiger partial charge in [0.05, 0.1) is 5.75 Å². The summed E-state index contributed by atoms with van der Waals surface area (Å²) in [5.74, 6) is 0.231. The predicted octanol–water partition coefficient (Wildman–Crippen LogP) is 1.42. The molecule has 0 aromatic carbocycles. The molecule has 0 heterocycles. The van der Waals surface area contributed by atoms with E-state index in [1.165, 1.54) is 4.31 Å². The van der Waals surface area contributed by atoms with E-state index in [4.69, 9.17) is 5.73 Å². The lowest BCUT2D eigenvalue weighted by atomic mass is 9.94. The van der Waals surface area contributed by atoms with Crippen LogP contribution in [0.5, 0.6) is 0 Å². The molecule has 0 bridgehead atoms. The lowest BCUT2D eigenvalue weighted by molar-refractivity contribution is 0.381. The molecule has 0 aliphatic rings. The SMILES string of the molecule is CCN(CCCN)S(=O)(=O)CCC(C)(C)C. The van der Waals surface area contributed by atoms with Crippen LogP contribution in [0.4, 0.5) is 0 Å². The highest BCUT2D eigenvalue weighted by molar-refractivity contribution is 7.89. The zero-order chi connectivity index (χ0) is 12.8. The third-order valence-corrected chi connectivity index (χ3v) is 4.42. The fourth-order valence-electron chi connectivity index (χ4n) is 1.33. The number of hydrogen-bond acceptors (Lipinski definition) is 3. The van der Waals surface area contributed by atoms with E-state index in [1.807, 2.05) is 6.92 Å². The van der Waals surface area contributed by atoms with Gasteiger partial charge in [-0.1, -0.05) is 27.7 Å². The average Bonchev–Trinajstić information content (AvgIpc) is 2.15. The summed E-state index contributed by atoms with van der Waals surface area (Å²) in [5, 5.41) is 0. The molecule has 0 rings (SSSR count). The summed E-state index contributed by atoms with van der Waals surface area (Å²) in [7, 11) is -3.10. The van der Waals surface area contributed by atoms with Crippen molar-refractivity contribution >= 4 is 10.0 Å². The Morgan fingerprint density at radius 2 is 1.81 bits per heavy atom.